The third kappa shape index (κ3) is 3.18. The number of piperazine rings is 1. The van der Waals surface area contributed by atoms with Gasteiger partial charge in [-0.25, -0.2) is 0 Å². The summed E-state index contributed by atoms with van der Waals surface area (Å²) >= 11 is 5.92. The van der Waals surface area contributed by atoms with Gasteiger partial charge < -0.3 is 5.32 Å². The van der Waals surface area contributed by atoms with Gasteiger partial charge in [0.05, 0.1) is 0 Å². The fraction of sp³-hybridized carbons (Fsp3) is 0.556. The van der Waals surface area contributed by atoms with E-state index in [1.54, 1.807) is 5.54 Å². The molecule has 1 spiro atoms. The smallest absolute Gasteiger partial charge is 0.0450 e. The molecular formula is C18H25ClN2. The van der Waals surface area contributed by atoms with E-state index in [-0.39, 0.29) is 0 Å². The molecule has 2 aliphatic rings. The fourth-order valence-corrected chi connectivity index (χ4v) is 3.98. The first kappa shape index (κ1) is 15.1. The number of hydrogen-bond acceptors (Lipinski definition) is 2. The summed E-state index contributed by atoms with van der Waals surface area (Å²) in [5.74, 6) is 0. The first-order valence-corrected chi connectivity index (χ1v) is 8.46. The van der Waals surface area contributed by atoms with Crippen molar-refractivity contribution in [1.29, 1.82) is 0 Å². The number of halogens is 1. The summed E-state index contributed by atoms with van der Waals surface area (Å²) in [6.45, 7) is 5.30. The van der Waals surface area contributed by atoms with E-state index in [0.717, 1.165) is 19.6 Å². The molecule has 1 N–H and O–H groups in total. The van der Waals surface area contributed by atoms with Crippen LogP contribution in [0.5, 0.6) is 0 Å². The van der Waals surface area contributed by atoms with Gasteiger partial charge in [-0.15, -0.1) is 0 Å². The van der Waals surface area contributed by atoms with Crippen LogP contribution in [0.15, 0.2) is 41.4 Å². The van der Waals surface area contributed by atoms with Crippen LogP contribution in [0.2, 0.25) is 0 Å². The number of hydrogen-bond donors (Lipinski definition) is 1. The van der Waals surface area contributed by atoms with Crippen molar-refractivity contribution in [3.05, 3.63) is 47.0 Å². The molecule has 0 radical (unpaired) electrons. The summed E-state index contributed by atoms with van der Waals surface area (Å²) in [5.41, 5.74) is 4.74. The minimum atomic E-state index is 0.354. The summed E-state index contributed by atoms with van der Waals surface area (Å²) in [7, 11) is 0. The zero-order chi connectivity index (χ0) is 14.7. The average molecular weight is 305 g/mol. The lowest BCUT2D eigenvalue weighted by molar-refractivity contribution is 0.0516. The van der Waals surface area contributed by atoms with Gasteiger partial charge in [-0.1, -0.05) is 54.8 Å². The van der Waals surface area contributed by atoms with Crippen LogP contribution >= 0.6 is 11.6 Å². The van der Waals surface area contributed by atoms with E-state index in [2.05, 4.69) is 47.5 Å². The molecule has 1 atom stereocenters. The topological polar surface area (TPSA) is 15.3 Å². The molecule has 2 nitrogen and oxygen atoms in total. The van der Waals surface area contributed by atoms with Crippen molar-refractivity contribution in [3.8, 4) is 0 Å². The van der Waals surface area contributed by atoms with Crippen LogP contribution in [0, 0.1) is 0 Å². The molecule has 21 heavy (non-hydrogen) atoms. The lowest BCUT2D eigenvalue weighted by Crippen LogP contribution is -2.61. The van der Waals surface area contributed by atoms with E-state index in [0.29, 0.717) is 11.6 Å². The SMILES string of the molecule is C/C(=C/Cl)CN1CC(c2ccccc2)NCC12CCCC2. The Hall–Kier alpha value is -0.830. The molecule has 3 rings (SSSR count). The molecule has 1 aliphatic carbocycles. The second kappa shape index (κ2) is 6.51. The Morgan fingerprint density at radius 3 is 2.71 bits per heavy atom. The van der Waals surface area contributed by atoms with E-state index in [1.807, 2.05) is 0 Å². The lowest BCUT2D eigenvalue weighted by atomic mass is 9.89. The molecule has 3 heteroatoms. The fourth-order valence-electron chi connectivity index (χ4n) is 3.91. The zero-order valence-electron chi connectivity index (χ0n) is 12.8. The highest BCUT2D eigenvalue weighted by Crippen LogP contribution is 2.39. The van der Waals surface area contributed by atoms with Crippen molar-refractivity contribution in [3.63, 3.8) is 0 Å². The van der Waals surface area contributed by atoms with Crippen molar-refractivity contribution < 1.29 is 0 Å². The Bertz CT molecular complexity index is 491. The van der Waals surface area contributed by atoms with Crippen LogP contribution in [0.4, 0.5) is 0 Å². The van der Waals surface area contributed by atoms with Crippen molar-refractivity contribution >= 4 is 11.6 Å². The van der Waals surface area contributed by atoms with E-state index in [4.69, 9.17) is 11.6 Å². The van der Waals surface area contributed by atoms with Gasteiger partial charge in [-0.05, 0) is 30.9 Å². The second-order valence-corrected chi connectivity index (χ2v) is 6.83. The molecule has 1 saturated heterocycles. The van der Waals surface area contributed by atoms with Crippen molar-refractivity contribution in [1.82, 2.24) is 10.2 Å². The summed E-state index contributed by atoms with van der Waals surface area (Å²) in [5, 5.41) is 3.80. The molecule has 1 unspecified atom stereocenters. The predicted molar refractivity (Wildman–Crippen MR) is 89.6 cm³/mol. The Labute approximate surface area is 133 Å². The molecule has 1 aliphatic heterocycles. The van der Waals surface area contributed by atoms with E-state index in [9.17, 15) is 0 Å². The first-order valence-electron chi connectivity index (χ1n) is 8.03. The molecule has 0 aromatic heterocycles. The van der Waals surface area contributed by atoms with Gasteiger partial charge in [-0.2, -0.15) is 0 Å². The van der Waals surface area contributed by atoms with Crippen LogP contribution in [0.3, 0.4) is 0 Å². The maximum absolute atomic E-state index is 5.92. The monoisotopic (exact) mass is 304 g/mol. The van der Waals surface area contributed by atoms with Crippen LogP contribution in [0.25, 0.3) is 0 Å². The maximum Gasteiger partial charge on any atom is 0.0450 e. The highest BCUT2D eigenvalue weighted by Gasteiger charge is 2.43. The Balaban J connectivity index is 1.79. The summed E-state index contributed by atoms with van der Waals surface area (Å²) in [6, 6.07) is 11.2. The molecule has 114 valence electrons. The van der Waals surface area contributed by atoms with Crippen molar-refractivity contribution in [2.45, 2.75) is 44.2 Å². The molecule has 2 fully saturated rings. The van der Waals surface area contributed by atoms with Gasteiger partial charge in [0.1, 0.15) is 0 Å². The summed E-state index contributed by atoms with van der Waals surface area (Å²) in [4.78, 5) is 2.68. The number of nitrogens with one attached hydrogen (secondary N) is 1. The molecule has 1 aromatic rings. The van der Waals surface area contributed by atoms with Crippen LogP contribution in [0.1, 0.15) is 44.2 Å². The molecule has 1 saturated carbocycles. The highest BCUT2D eigenvalue weighted by atomic mass is 35.5. The zero-order valence-corrected chi connectivity index (χ0v) is 13.6. The molecule has 0 bridgehead atoms. The average Bonchev–Trinajstić information content (AvgIpc) is 3.00. The summed E-state index contributed by atoms with van der Waals surface area (Å²) in [6.07, 6.45) is 5.35. The van der Waals surface area contributed by atoms with E-state index < -0.39 is 0 Å². The van der Waals surface area contributed by atoms with Gasteiger partial charge >= 0.3 is 0 Å². The van der Waals surface area contributed by atoms with Gasteiger partial charge in [0.15, 0.2) is 0 Å². The maximum atomic E-state index is 5.92. The number of rotatable bonds is 3. The third-order valence-electron chi connectivity index (χ3n) is 5.11. The van der Waals surface area contributed by atoms with E-state index in [1.165, 1.54) is 36.8 Å². The molecular weight excluding hydrogens is 280 g/mol. The standard InChI is InChI=1S/C18H25ClN2/c1-15(11-19)12-21-13-17(16-7-3-2-4-8-16)20-14-18(21)9-5-6-10-18/h2-4,7-8,11,17,20H,5-6,9-10,12-14H2,1H3/b15-11-. The normalized spacial score (nSPS) is 26.4. The van der Waals surface area contributed by atoms with Gasteiger partial charge in [0.2, 0.25) is 0 Å². The third-order valence-corrected chi connectivity index (χ3v) is 5.49. The van der Waals surface area contributed by atoms with Crippen molar-refractivity contribution in [2.75, 3.05) is 19.6 Å². The number of nitrogens with zero attached hydrogens (tertiary/aromatic N) is 1. The quantitative estimate of drug-likeness (QED) is 0.905. The minimum Gasteiger partial charge on any atom is -0.307 e. The Morgan fingerprint density at radius 1 is 1.33 bits per heavy atom. The van der Waals surface area contributed by atoms with E-state index >= 15 is 0 Å². The molecule has 0 amide bonds. The molecule has 1 heterocycles. The first-order chi connectivity index (χ1) is 10.2. The largest absolute Gasteiger partial charge is 0.307 e. The highest BCUT2D eigenvalue weighted by molar-refractivity contribution is 6.25. The van der Waals surface area contributed by atoms with Gasteiger partial charge in [0, 0.05) is 36.8 Å². The van der Waals surface area contributed by atoms with Gasteiger partial charge in [0.25, 0.3) is 0 Å². The van der Waals surface area contributed by atoms with Crippen molar-refractivity contribution in [2.24, 2.45) is 0 Å². The minimum absolute atomic E-state index is 0.354. The predicted octanol–water partition coefficient (Wildman–Crippen LogP) is 4.09. The van der Waals surface area contributed by atoms with Crippen LogP contribution in [-0.4, -0.2) is 30.1 Å². The van der Waals surface area contributed by atoms with Crippen LogP contribution < -0.4 is 5.32 Å². The van der Waals surface area contributed by atoms with Crippen LogP contribution in [-0.2, 0) is 0 Å². The molecule has 1 aromatic carbocycles. The second-order valence-electron chi connectivity index (χ2n) is 6.61. The Morgan fingerprint density at radius 2 is 2.05 bits per heavy atom. The number of benzene rings is 1. The lowest BCUT2D eigenvalue weighted by Gasteiger charge is -2.48. The summed E-state index contributed by atoms with van der Waals surface area (Å²) < 4.78 is 0. The Kier molecular flexibility index (Phi) is 4.68. The van der Waals surface area contributed by atoms with Gasteiger partial charge in [-0.3, -0.25) is 4.90 Å².